The first-order valence-corrected chi connectivity index (χ1v) is 11.4. The van der Waals surface area contributed by atoms with Gasteiger partial charge in [0.25, 0.3) is 5.91 Å². The average Bonchev–Trinajstić information content (AvgIpc) is 3.22. The van der Waals surface area contributed by atoms with Gasteiger partial charge in [-0.3, -0.25) is 19.3 Å². The van der Waals surface area contributed by atoms with Crippen LogP contribution in [0.1, 0.15) is 58.4 Å². The topological polar surface area (TPSA) is 98.8 Å². The van der Waals surface area contributed by atoms with E-state index in [1.807, 2.05) is 24.3 Å². The third-order valence-electron chi connectivity index (χ3n) is 6.74. The first kappa shape index (κ1) is 22.3. The summed E-state index contributed by atoms with van der Waals surface area (Å²) in [4.78, 5) is 52.9. The molecule has 0 bridgehead atoms. The molecule has 2 unspecified atom stereocenters. The van der Waals surface area contributed by atoms with E-state index < -0.39 is 11.6 Å². The number of urea groups is 1. The van der Waals surface area contributed by atoms with E-state index >= 15 is 0 Å². The van der Waals surface area contributed by atoms with E-state index in [-0.39, 0.29) is 36.2 Å². The van der Waals surface area contributed by atoms with E-state index in [9.17, 15) is 19.2 Å². The molecule has 3 fully saturated rings. The molecule has 5 amide bonds. The fourth-order valence-electron chi connectivity index (χ4n) is 5.76. The van der Waals surface area contributed by atoms with Crippen molar-refractivity contribution in [3.8, 4) is 0 Å². The lowest BCUT2D eigenvalue weighted by Crippen LogP contribution is -2.54. The van der Waals surface area contributed by atoms with Gasteiger partial charge in [0.15, 0.2) is 0 Å². The van der Waals surface area contributed by atoms with Crippen LogP contribution in [0.15, 0.2) is 24.3 Å². The molecule has 0 radical (unpaired) electrons. The smallest absolute Gasteiger partial charge is 0.325 e. The molecule has 8 heteroatoms. The van der Waals surface area contributed by atoms with Crippen LogP contribution in [0.4, 0.5) is 10.5 Å². The van der Waals surface area contributed by atoms with Gasteiger partial charge in [-0.1, -0.05) is 32.9 Å². The van der Waals surface area contributed by atoms with E-state index in [0.29, 0.717) is 25.2 Å². The maximum absolute atomic E-state index is 13.2. The molecular weight excluding hydrogens is 408 g/mol. The Balaban J connectivity index is 1.33. The second kappa shape index (κ2) is 8.22. The summed E-state index contributed by atoms with van der Waals surface area (Å²) >= 11 is 0. The van der Waals surface area contributed by atoms with Crippen molar-refractivity contribution in [1.82, 2.24) is 15.5 Å². The molecule has 2 atom stereocenters. The summed E-state index contributed by atoms with van der Waals surface area (Å²) < 4.78 is 0. The maximum Gasteiger partial charge on any atom is 0.325 e. The van der Waals surface area contributed by atoms with E-state index in [1.165, 1.54) is 0 Å². The molecule has 32 heavy (non-hydrogen) atoms. The zero-order valence-corrected chi connectivity index (χ0v) is 19.1. The second-order valence-corrected chi connectivity index (χ2v) is 10.4. The fourth-order valence-corrected chi connectivity index (χ4v) is 5.76. The summed E-state index contributed by atoms with van der Waals surface area (Å²) in [5, 5.41) is 5.68. The molecule has 1 spiro atoms. The summed E-state index contributed by atoms with van der Waals surface area (Å²) in [7, 11) is 0. The number of nitrogens with one attached hydrogen (secondary N) is 2. The van der Waals surface area contributed by atoms with Crippen molar-refractivity contribution in [3.63, 3.8) is 0 Å². The van der Waals surface area contributed by atoms with Gasteiger partial charge in [-0.05, 0) is 54.7 Å². The van der Waals surface area contributed by atoms with E-state index in [2.05, 4.69) is 31.4 Å². The van der Waals surface area contributed by atoms with Crippen LogP contribution in [0.2, 0.25) is 0 Å². The number of amides is 5. The molecule has 2 heterocycles. The summed E-state index contributed by atoms with van der Waals surface area (Å²) in [6, 6.07) is 7.00. The molecule has 2 saturated heterocycles. The number of hydrogen-bond acceptors (Lipinski definition) is 4. The summed E-state index contributed by atoms with van der Waals surface area (Å²) in [6.45, 7) is 7.06. The van der Waals surface area contributed by atoms with Gasteiger partial charge in [-0.15, -0.1) is 0 Å². The summed E-state index contributed by atoms with van der Waals surface area (Å²) in [6.07, 6.45) is 3.64. The zero-order valence-electron chi connectivity index (χ0n) is 19.1. The molecule has 3 aliphatic rings. The van der Waals surface area contributed by atoms with Crippen LogP contribution in [0, 0.1) is 11.3 Å². The van der Waals surface area contributed by atoms with E-state index in [4.69, 9.17) is 0 Å². The van der Waals surface area contributed by atoms with Crippen molar-refractivity contribution < 1.29 is 19.2 Å². The SMILES string of the molecule is CC1CC(C)(C)CC2(C1)NC(=O)N(CC(=O)NCc1ccc(N3CCCC3=O)cc1)C2=O. The van der Waals surface area contributed by atoms with Crippen molar-refractivity contribution in [2.24, 2.45) is 11.3 Å². The third kappa shape index (κ3) is 4.36. The summed E-state index contributed by atoms with van der Waals surface area (Å²) in [5.74, 6) is -0.229. The molecule has 1 saturated carbocycles. The van der Waals surface area contributed by atoms with Crippen molar-refractivity contribution >= 4 is 29.4 Å². The normalized spacial score (nSPS) is 27.2. The van der Waals surface area contributed by atoms with Gasteiger partial charge in [0.2, 0.25) is 11.8 Å². The number of imide groups is 1. The third-order valence-corrected chi connectivity index (χ3v) is 6.74. The Morgan fingerprint density at radius 3 is 2.50 bits per heavy atom. The van der Waals surface area contributed by atoms with Crippen molar-refractivity contribution in [2.75, 3.05) is 18.0 Å². The second-order valence-electron chi connectivity index (χ2n) is 10.4. The Morgan fingerprint density at radius 1 is 1.16 bits per heavy atom. The van der Waals surface area contributed by atoms with Crippen LogP contribution < -0.4 is 15.5 Å². The lowest BCUT2D eigenvalue weighted by Gasteiger charge is -2.43. The monoisotopic (exact) mass is 440 g/mol. The Hall–Kier alpha value is -2.90. The van der Waals surface area contributed by atoms with Gasteiger partial charge in [-0.2, -0.15) is 0 Å². The van der Waals surface area contributed by atoms with Crippen LogP contribution in [0.3, 0.4) is 0 Å². The lowest BCUT2D eigenvalue weighted by atomic mass is 9.64. The van der Waals surface area contributed by atoms with Gasteiger partial charge >= 0.3 is 6.03 Å². The van der Waals surface area contributed by atoms with Gasteiger partial charge < -0.3 is 15.5 Å². The average molecular weight is 441 g/mol. The van der Waals surface area contributed by atoms with Crippen LogP contribution in [0.25, 0.3) is 0 Å². The number of benzene rings is 1. The van der Waals surface area contributed by atoms with Crippen molar-refractivity contribution in [2.45, 2.75) is 65.0 Å². The lowest BCUT2D eigenvalue weighted by molar-refractivity contribution is -0.137. The molecule has 1 aromatic rings. The first-order valence-electron chi connectivity index (χ1n) is 11.4. The quantitative estimate of drug-likeness (QED) is 0.688. The molecule has 1 aliphatic carbocycles. The largest absolute Gasteiger partial charge is 0.350 e. The van der Waals surface area contributed by atoms with E-state index in [1.54, 1.807) is 4.90 Å². The van der Waals surface area contributed by atoms with Crippen molar-refractivity contribution in [3.05, 3.63) is 29.8 Å². The first-order chi connectivity index (χ1) is 15.1. The number of hydrogen-bond donors (Lipinski definition) is 2. The number of nitrogens with zero attached hydrogens (tertiary/aromatic N) is 2. The maximum atomic E-state index is 13.2. The van der Waals surface area contributed by atoms with Gasteiger partial charge in [-0.25, -0.2) is 4.79 Å². The Bertz CT molecular complexity index is 942. The Morgan fingerprint density at radius 2 is 1.88 bits per heavy atom. The van der Waals surface area contributed by atoms with Gasteiger partial charge in [0, 0.05) is 25.2 Å². The molecule has 8 nitrogen and oxygen atoms in total. The number of rotatable bonds is 5. The highest BCUT2D eigenvalue weighted by molar-refractivity contribution is 6.09. The van der Waals surface area contributed by atoms with E-state index in [0.717, 1.165) is 35.5 Å². The van der Waals surface area contributed by atoms with Crippen LogP contribution in [-0.4, -0.2) is 47.3 Å². The molecule has 2 aliphatic heterocycles. The predicted molar refractivity (Wildman–Crippen MR) is 120 cm³/mol. The molecule has 2 N–H and O–H groups in total. The van der Waals surface area contributed by atoms with Crippen LogP contribution >= 0.6 is 0 Å². The van der Waals surface area contributed by atoms with Gasteiger partial charge in [0.1, 0.15) is 12.1 Å². The van der Waals surface area contributed by atoms with Gasteiger partial charge in [0.05, 0.1) is 0 Å². The Labute approximate surface area is 188 Å². The standard InChI is InChI=1S/C24H32N4O4/c1-16-11-23(2,3)15-24(12-16)21(31)28(22(32)26-24)14-19(29)25-13-17-6-8-18(9-7-17)27-10-4-5-20(27)30/h6-9,16H,4-5,10-15H2,1-3H3,(H,25,29)(H,26,32). The Kier molecular flexibility index (Phi) is 5.73. The van der Waals surface area contributed by atoms with Crippen molar-refractivity contribution in [1.29, 1.82) is 0 Å². The summed E-state index contributed by atoms with van der Waals surface area (Å²) in [5.41, 5.74) is 0.786. The van der Waals surface area contributed by atoms with Crippen LogP contribution in [-0.2, 0) is 20.9 Å². The molecule has 0 aromatic heterocycles. The zero-order chi connectivity index (χ0) is 23.1. The highest BCUT2D eigenvalue weighted by Crippen LogP contribution is 2.46. The minimum atomic E-state index is -0.901. The fraction of sp³-hybridized carbons (Fsp3) is 0.583. The molecule has 1 aromatic carbocycles. The van der Waals surface area contributed by atoms with Crippen LogP contribution in [0.5, 0.6) is 0 Å². The number of carbonyl (C=O) groups is 4. The number of carbonyl (C=O) groups excluding carboxylic acids is 4. The highest BCUT2D eigenvalue weighted by atomic mass is 16.2. The molecule has 4 rings (SSSR count). The molecular formula is C24H32N4O4. The minimum absolute atomic E-state index is 0.0509. The highest BCUT2D eigenvalue weighted by Gasteiger charge is 2.56. The minimum Gasteiger partial charge on any atom is -0.350 e. The predicted octanol–water partition coefficient (Wildman–Crippen LogP) is 2.57. The molecule has 172 valence electrons. The number of anilines is 1.